The molecule has 0 bridgehead atoms. The van der Waals surface area contributed by atoms with Gasteiger partial charge < -0.3 is 10.2 Å². The van der Waals surface area contributed by atoms with Crippen LogP contribution in [0.3, 0.4) is 0 Å². The van der Waals surface area contributed by atoms with Gasteiger partial charge in [0.2, 0.25) is 11.8 Å². The number of anilines is 2. The number of aryl methyl sites for hydroxylation is 2. The summed E-state index contributed by atoms with van der Waals surface area (Å²) in [6.45, 7) is 5.22. The van der Waals surface area contributed by atoms with Crippen molar-refractivity contribution in [2.75, 3.05) is 16.8 Å². The molecule has 2 aromatic rings. The summed E-state index contributed by atoms with van der Waals surface area (Å²) in [5, 5.41) is 3.40. The van der Waals surface area contributed by atoms with Gasteiger partial charge >= 0.3 is 0 Å². The van der Waals surface area contributed by atoms with E-state index in [0.29, 0.717) is 10.7 Å². The normalized spacial score (nSPS) is 10.3. The molecule has 1 N–H and O–H groups in total. The SMILES string of the molecule is CC(=O)N(CC(=O)Nc1c(C)cccc1C)c1cccc(Cl)c1. The van der Waals surface area contributed by atoms with E-state index in [1.54, 1.807) is 24.3 Å². The predicted molar refractivity (Wildman–Crippen MR) is 94.0 cm³/mol. The summed E-state index contributed by atoms with van der Waals surface area (Å²) in [4.78, 5) is 25.6. The lowest BCUT2D eigenvalue weighted by Gasteiger charge is -2.21. The minimum Gasteiger partial charge on any atom is -0.324 e. The van der Waals surface area contributed by atoms with Crippen molar-refractivity contribution in [3.63, 3.8) is 0 Å². The van der Waals surface area contributed by atoms with Crippen LogP contribution in [0.2, 0.25) is 5.02 Å². The van der Waals surface area contributed by atoms with Crippen molar-refractivity contribution in [3.8, 4) is 0 Å². The highest BCUT2D eigenvalue weighted by Crippen LogP contribution is 2.21. The minimum absolute atomic E-state index is 0.0660. The van der Waals surface area contributed by atoms with E-state index in [-0.39, 0.29) is 18.4 Å². The van der Waals surface area contributed by atoms with Crippen LogP contribution in [0.1, 0.15) is 18.1 Å². The molecule has 0 aliphatic heterocycles. The molecule has 120 valence electrons. The van der Waals surface area contributed by atoms with E-state index in [1.807, 2.05) is 32.0 Å². The number of rotatable bonds is 4. The van der Waals surface area contributed by atoms with Gasteiger partial charge in [0.1, 0.15) is 6.54 Å². The Morgan fingerprint density at radius 1 is 1.09 bits per heavy atom. The van der Waals surface area contributed by atoms with Crippen LogP contribution < -0.4 is 10.2 Å². The molecule has 0 saturated heterocycles. The number of benzene rings is 2. The van der Waals surface area contributed by atoms with Gasteiger partial charge in [-0.2, -0.15) is 0 Å². The van der Waals surface area contributed by atoms with Crippen LogP contribution in [0.15, 0.2) is 42.5 Å². The van der Waals surface area contributed by atoms with Gasteiger partial charge in [-0.3, -0.25) is 9.59 Å². The highest BCUT2D eigenvalue weighted by Gasteiger charge is 2.17. The number of nitrogens with zero attached hydrogens (tertiary/aromatic N) is 1. The molecule has 0 atom stereocenters. The summed E-state index contributed by atoms with van der Waals surface area (Å²) in [5.41, 5.74) is 3.35. The first-order chi connectivity index (χ1) is 10.9. The van der Waals surface area contributed by atoms with Crippen molar-refractivity contribution in [2.45, 2.75) is 20.8 Å². The Kier molecular flexibility index (Phi) is 5.40. The van der Waals surface area contributed by atoms with Crippen LogP contribution in [0.25, 0.3) is 0 Å². The highest BCUT2D eigenvalue weighted by atomic mass is 35.5. The van der Waals surface area contributed by atoms with Crippen LogP contribution >= 0.6 is 11.6 Å². The molecule has 2 aromatic carbocycles. The van der Waals surface area contributed by atoms with E-state index in [1.165, 1.54) is 11.8 Å². The topological polar surface area (TPSA) is 49.4 Å². The Morgan fingerprint density at radius 2 is 1.70 bits per heavy atom. The van der Waals surface area contributed by atoms with E-state index in [4.69, 9.17) is 11.6 Å². The summed E-state index contributed by atoms with van der Waals surface area (Å²) < 4.78 is 0. The number of para-hydroxylation sites is 1. The number of nitrogens with one attached hydrogen (secondary N) is 1. The number of carbonyl (C=O) groups is 2. The molecule has 2 amide bonds. The van der Waals surface area contributed by atoms with Gasteiger partial charge in [0.05, 0.1) is 0 Å². The number of hydrogen-bond acceptors (Lipinski definition) is 2. The predicted octanol–water partition coefficient (Wildman–Crippen LogP) is 3.95. The van der Waals surface area contributed by atoms with Gasteiger partial charge in [-0.25, -0.2) is 0 Å². The van der Waals surface area contributed by atoms with Crippen molar-refractivity contribution < 1.29 is 9.59 Å². The molecular formula is C18H19ClN2O2. The van der Waals surface area contributed by atoms with Crippen molar-refractivity contribution in [2.24, 2.45) is 0 Å². The van der Waals surface area contributed by atoms with E-state index >= 15 is 0 Å². The van der Waals surface area contributed by atoms with Gasteiger partial charge in [0.15, 0.2) is 0 Å². The molecule has 5 heteroatoms. The van der Waals surface area contributed by atoms with Crippen molar-refractivity contribution in [3.05, 3.63) is 58.6 Å². The Bertz CT molecular complexity index is 723. The molecule has 0 spiro atoms. The molecule has 2 rings (SSSR count). The fourth-order valence-corrected chi connectivity index (χ4v) is 2.55. The molecule has 0 fully saturated rings. The fourth-order valence-electron chi connectivity index (χ4n) is 2.36. The monoisotopic (exact) mass is 330 g/mol. The third-order valence-electron chi connectivity index (χ3n) is 3.55. The lowest BCUT2D eigenvalue weighted by Crippen LogP contribution is -2.36. The second-order valence-electron chi connectivity index (χ2n) is 5.40. The first kappa shape index (κ1) is 17.0. The van der Waals surface area contributed by atoms with Crippen molar-refractivity contribution in [1.82, 2.24) is 0 Å². The second-order valence-corrected chi connectivity index (χ2v) is 5.84. The number of halogens is 1. The van der Waals surface area contributed by atoms with Crippen LogP contribution in [0.5, 0.6) is 0 Å². The average Bonchev–Trinajstić information content (AvgIpc) is 2.48. The molecule has 0 saturated carbocycles. The average molecular weight is 331 g/mol. The summed E-state index contributed by atoms with van der Waals surface area (Å²) in [6.07, 6.45) is 0. The molecule has 23 heavy (non-hydrogen) atoms. The maximum absolute atomic E-state index is 12.4. The zero-order valence-corrected chi connectivity index (χ0v) is 14.1. The number of amides is 2. The molecule has 0 aliphatic carbocycles. The molecule has 0 aliphatic rings. The zero-order chi connectivity index (χ0) is 17.0. The number of hydrogen-bond donors (Lipinski definition) is 1. The summed E-state index contributed by atoms with van der Waals surface area (Å²) in [5.74, 6) is -0.471. The summed E-state index contributed by atoms with van der Waals surface area (Å²) in [7, 11) is 0. The van der Waals surface area contributed by atoms with Gasteiger partial charge in [-0.1, -0.05) is 35.9 Å². The first-order valence-electron chi connectivity index (χ1n) is 7.28. The second kappa shape index (κ2) is 7.29. The molecule has 4 nitrogen and oxygen atoms in total. The Labute approximate surface area is 141 Å². The largest absolute Gasteiger partial charge is 0.324 e. The van der Waals surface area contributed by atoms with E-state index < -0.39 is 0 Å². The van der Waals surface area contributed by atoms with Crippen LogP contribution in [0.4, 0.5) is 11.4 Å². The Morgan fingerprint density at radius 3 is 2.26 bits per heavy atom. The van der Waals surface area contributed by atoms with E-state index in [2.05, 4.69) is 5.32 Å². The fraction of sp³-hybridized carbons (Fsp3) is 0.222. The smallest absolute Gasteiger partial charge is 0.244 e. The first-order valence-corrected chi connectivity index (χ1v) is 7.66. The molecule has 0 unspecified atom stereocenters. The van der Waals surface area contributed by atoms with Crippen LogP contribution in [-0.2, 0) is 9.59 Å². The molecular weight excluding hydrogens is 312 g/mol. The lowest BCUT2D eigenvalue weighted by molar-refractivity contribution is -0.120. The summed E-state index contributed by atoms with van der Waals surface area (Å²) >= 11 is 5.96. The van der Waals surface area contributed by atoms with Crippen molar-refractivity contribution >= 4 is 34.8 Å². The minimum atomic E-state index is -0.252. The van der Waals surface area contributed by atoms with Gasteiger partial charge in [-0.05, 0) is 43.2 Å². The van der Waals surface area contributed by atoms with Gasteiger partial charge in [0.25, 0.3) is 0 Å². The van der Waals surface area contributed by atoms with Crippen LogP contribution in [0, 0.1) is 13.8 Å². The third-order valence-corrected chi connectivity index (χ3v) is 3.78. The molecule has 0 heterocycles. The molecule has 0 aromatic heterocycles. The standard InChI is InChI=1S/C18H19ClN2O2/c1-12-6-4-7-13(2)18(12)20-17(23)11-21(14(3)22)16-9-5-8-15(19)10-16/h4-10H,11H2,1-3H3,(H,20,23). The third kappa shape index (κ3) is 4.33. The highest BCUT2D eigenvalue weighted by molar-refractivity contribution is 6.31. The Balaban J connectivity index is 2.18. The quantitative estimate of drug-likeness (QED) is 0.922. The number of carbonyl (C=O) groups excluding carboxylic acids is 2. The zero-order valence-electron chi connectivity index (χ0n) is 13.4. The van der Waals surface area contributed by atoms with Gasteiger partial charge in [-0.15, -0.1) is 0 Å². The van der Waals surface area contributed by atoms with Crippen LogP contribution in [-0.4, -0.2) is 18.4 Å². The maximum atomic E-state index is 12.4. The van der Waals surface area contributed by atoms with Gasteiger partial charge in [0, 0.05) is 23.3 Å². The Hall–Kier alpha value is -2.33. The summed E-state index contributed by atoms with van der Waals surface area (Å²) in [6, 6.07) is 12.7. The van der Waals surface area contributed by atoms with E-state index in [0.717, 1.165) is 16.8 Å². The van der Waals surface area contributed by atoms with E-state index in [9.17, 15) is 9.59 Å². The molecule has 0 radical (unpaired) electrons. The lowest BCUT2D eigenvalue weighted by atomic mass is 10.1. The van der Waals surface area contributed by atoms with Crippen molar-refractivity contribution in [1.29, 1.82) is 0 Å². The maximum Gasteiger partial charge on any atom is 0.244 e.